The number of anilines is 1. The topological polar surface area (TPSA) is 99.2 Å². The number of likely N-dealkylation sites (N-methyl/N-ethyl adjacent to an activating group) is 1. The second-order valence-electron chi connectivity index (χ2n) is 8.84. The fourth-order valence-electron chi connectivity index (χ4n) is 3.86. The van der Waals surface area contributed by atoms with Crippen LogP contribution in [0.3, 0.4) is 0 Å². The Labute approximate surface area is 179 Å². The number of ether oxygens (including phenoxy) is 1. The lowest BCUT2D eigenvalue weighted by Gasteiger charge is -2.38. The van der Waals surface area contributed by atoms with E-state index in [9.17, 15) is 18.3 Å². The van der Waals surface area contributed by atoms with Crippen LogP contribution in [0.2, 0.25) is 0 Å². The highest BCUT2D eigenvalue weighted by Crippen LogP contribution is 2.35. The van der Waals surface area contributed by atoms with Crippen LogP contribution < -0.4 is 9.46 Å². The summed E-state index contributed by atoms with van der Waals surface area (Å²) in [5.74, 6) is 0.699. The number of carbonyl (C=O) groups excluding carboxylic acids is 1. The molecule has 8 nitrogen and oxygen atoms in total. The van der Waals surface area contributed by atoms with Gasteiger partial charge in [-0.05, 0) is 44.9 Å². The van der Waals surface area contributed by atoms with Crippen LogP contribution in [0.1, 0.15) is 37.0 Å². The first kappa shape index (κ1) is 22.8. The Morgan fingerprint density at radius 2 is 2.03 bits per heavy atom. The van der Waals surface area contributed by atoms with Gasteiger partial charge in [0, 0.05) is 25.6 Å². The van der Waals surface area contributed by atoms with Crippen LogP contribution in [0.5, 0.6) is 5.75 Å². The Bertz CT molecular complexity index is 871. The van der Waals surface area contributed by atoms with Crippen LogP contribution in [0.25, 0.3) is 0 Å². The molecule has 0 unspecified atom stereocenters. The van der Waals surface area contributed by atoms with Crippen molar-refractivity contribution in [2.24, 2.45) is 11.8 Å². The van der Waals surface area contributed by atoms with Gasteiger partial charge in [-0.3, -0.25) is 9.52 Å². The molecule has 9 heteroatoms. The maximum atomic E-state index is 13.3. The highest BCUT2D eigenvalue weighted by atomic mass is 32.2. The number of hydrogen-bond donors (Lipinski definition) is 2. The van der Waals surface area contributed by atoms with Gasteiger partial charge in [-0.1, -0.05) is 13.0 Å². The number of sulfonamides is 1. The molecule has 1 heterocycles. The van der Waals surface area contributed by atoms with Gasteiger partial charge in [0.05, 0.1) is 30.2 Å². The molecule has 0 bridgehead atoms. The van der Waals surface area contributed by atoms with Crippen molar-refractivity contribution in [1.82, 2.24) is 9.80 Å². The number of aliphatic hydroxyl groups excluding tert-OH is 1. The molecular formula is C21H33N3O5S. The zero-order valence-electron chi connectivity index (χ0n) is 18.2. The molecule has 1 aliphatic heterocycles. The summed E-state index contributed by atoms with van der Waals surface area (Å²) in [6, 6.07) is 4.52. The number of rotatable bonds is 8. The second kappa shape index (κ2) is 9.11. The van der Waals surface area contributed by atoms with E-state index in [1.165, 1.54) is 12.8 Å². The number of nitrogens with one attached hydrogen (secondary N) is 1. The minimum Gasteiger partial charge on any atom is -0.486 e. The number of hydrogen-bond acceptors (Lipinski definition) is 6. The van der Waals surface area contributed by atoms with Gasteiger partial charge in [0.15, 0.2) is 5.75 Å². The third-order valence-corrected chi connectivity index (χ3v) is 6.34. The van der Waals surface area contributed by atoms with Crippen LogP contribution in [0, 0.1) is 11.8 Å². The van der Waals surface area contributed by atoms with E-state index in [0.29, 0.717) is 18.7 Å². The molecule has 168 valence electrons. The summed E-state index contributed by atoms with van der Waals surface area (Å²) >= 11 is 0. The fraction of sp³-hybridized carbons (Fsp3) is 0.667. The third-order valence-electron chi connectivity index (χ3n) is 5.74. The molecule has 1 aromatic carbocycles. The maximum Gasteiger partial charge on any atom is 0.258 e. The number of para-hydroxylation sites is 1. The molecule has 1 fully saturated rings. The third kappa shape index (κ3) is 5.65. The zero-order valence-corrected chi connectivity index (χ0v) is 19.0. The van der Waals surface area contributed by atoms with E-state index in [-0.39, 0.29) is 42.0 Å². The molecule has 0 saturated heterocycles. The summed E-state index contributed by atoms with van der Waals surface area (Å²) in [5.41, 5.74) is 0.551. The van der Waals surface area contributed by atoms with Crippen molar-refractivity contribution < 1.29 is 23.1 Å². The predicted octanol–water partition coefficient (Wildman–Crippen LogP) is 1.62. The van der Waals surface area contributed by atoms with Crippen molar-refractivity contribution in [2.45, 2.75) is 38.8 Å². The molecule has 0 radical (unpaired) electrons. The fourth-order valence-corrected chi connectivity index (χ4v) is 4.42. The molecule has 1 amide bonds. The lowest BCUT2D eigenvalue weighted by Crippen LogP contribution is -2.50. The van der Waals surface area contributed by atoms with E-state index >= 15 is 0 Å². The van der Waals surface area contributed by atoms with Gasteiger partial charge in [-0.2, -0.15) is 0 Å². The normalized spacial score (nSPS) is 23.4. The number of fused-ring (bicyclic) bond motifs is 1. The molecule has 0 aromatic heterocycles. The standard InChI is InChI=1S/C21H33N3O5S/c1-14-10-24(15(2)13-25)21(26)17-6-5-7-18(22-30(4,27)28)20(17)29-19(14)12-23(3)11-16-8-9-16/h5-7,14-16,19,22,25H,8-13H2,1-4H3/t14-,15+,19+/m0/s1. The number of amides is 1. The molecule has 1 aliphatic carbocycles. The van der Waals surface area contributed by atoms with Gasteiger partial charge in [0.1, 0.15) is 6.10 Å². The quantitative estimate of drug-likeness (QED) is 0.639. The first-order valence-electron chi connectivity index (χ1n) is 10.5. The maximum absolute atomic E-state index is 13.3. The number of nitrogens with zero attached hydrogens (tertiary/aromatic N) is 2. The Balaban J connectivity index is 1.99. The largest absolute Gasteiger partial charge is 0.486 e. The number of benzene rings is 1. The van der Waals surface area contributed by atoms with Gasteiger partial charge < -0.3 is 19.6 Å². The minimum absolute atomic E-state index is 0.0101. The average Bonchev–Trinajstić information content (AvgIpc) is 3.47. The molecule has 2 aliphatic rings. The van der Waals surface area contributed by atoms with Crippen LogP contribution in [-0.4, -0.2) is 80.9 Å². The zero-order chi connectivity index (χ0) is 22.1. The van der Waals surface area contributed by atoms with Gasteiger partial charge in [-0.25, -0.2) is 8.42 Å². The Hall–Kier alpha value is -1.84. The van der Waals surface area contributed by atoms with Gasteiger partial charge >= 0.3 is 0 Å². The molecular weight excluding hydrogens is 406 g/mol. The lowest BCUT2D eigenvalue weighted by molar-refractivity contribution is 0.0346. The molecule has 3 atom stereocenters. The number of carbonyl (C=O) groups is 1. The predicted molar refractivity (Wildman–Crippen MR) is 116 cm³/mol. The van der Waals surface area contributed by atoms with Crippen LogP contribution in [0.15, 0.2) is 18.2 Å². The first-order valence-corrected chi connectivity index (χ1v) is 12.4. The van der Waals surface area contributed by atoms with Crippen molar-refractivity contribution in [2.75, 3.05) is 44.3 Å². The molecule has 1 saturated carbocycles. The van der Waals surface area contributed by atoms with Gasteiger partial charge in [0.25, 0.3) is 5.91 Å². The SMILES string of the molecule is C[C@H](CO)N1C[C@H](C)[C@@H](CN(C)CC2CC2)Oc2c(NS(C)(=O)=O)cccc2C1=O. The molecule has 30 heavy (non-hydrogen) atoms. The Kier molecular flexibility index (Phi) is 6.94. The smallest absolute Gasteiger partial charge is 0.258 e. The monoisotopic (exact) mass is 439 g/mol. The van der Waals surface area contributed by atoms with Gasteiger partial charge in [0.2, 0.25) is 10.0 Å². The van der Waals surface area contributed by atoms with Crippen molar-refractivity contribution in [3.63, 3.8) is 0 Å². The first-order chi connectivity index (χ1) is 14.1. The Morgan fingerprint density at radius 1 is 1.33 bits per heavy atom. The Morgan fingerprint density at radius 3 is 2.63 bits per heavy atom. The van der Waals surface area contributed by atoms with Gasteiger partial charge in [-0.15, -0.1) is 0 Å². The summed E-state index contributed by atoms with van der Waals surface area (Å²) in [6.07, 6.45) is 3.34. The van der Waals surface area contributed by atoms with Crippen LogP contribution >= 0.6 is 0 Å². The van der Waals surface area contributed by atoms with E-state index in [0.717, 1.165) is 18.7 Å². The highest BCUT2D eigenvalue weighted by molar-refractivity contribution is 7.92. The van der Waals surface area contributed by atoms with Crippen molar-refractivity contribution in [3.8, 4) is 5.75 Å². The summed E-state index contributed by atoms with van der Waals surface area (Å²) < 4.78 is 32.6. The van der Waals surface area contributed by atoms with E-state index < -0.39 is 10.0 Å². The summed E-state index contributed by atoms with van der Waals surface area (Å²) in [6.45, 7) is 5.79. The minimum atomic E-state index is -3.55. The van der Waals surface area contributed by atoms with Crippen molar-refractivity contribution >= 4 is 21.6 Å². The van der Waals surface area contributed by atoms with E-state index in [1.54, 1.807) is 30.0 Å². The molecule has 0 spiro atoms. The average molecular weight is 440 g/mol. The summed E-state index contributed by atoms with van der Waals surface area (Å²) in [5, 5.41) is 9.70. The van der Waals surface area contributed by atoms with E-state index in [4.69, 9.17) is 4.74 Å². The van der Waals surface area contributed by atoms with E-state index in [1.807, 2.05) is 6.92 Å². The molecule has 1 aromatic rings. The molecule has 3 rings (SSSR count). The lowest BCUT2D eigenvalue weighted by atomic mass is 9.99. The summed E-state index contributed by atoms with van der Waals surface area (Å²) in [7, 11) is -1.49. The summed E-state index contributed by atoms with van der Waals surface area (Å²) in [4.78, 5) is 17.2. The van der Waals surface area contributed by atoms with Crippen molar-refractivity contribution in [3.05, 3.63) is 23.8 Å². The highest BCUT2D eigenvalue weighted by Gasteiger charge is 2.35. The van der Waals surface area contributed by atoms with Crippen LogP contribution in [-0.2, 0) is 10.0 Å². The number of aliphatic hydroxyl groups is 1. The van der Waals surface area contributed by atoms with Crippen LogP contribution in [0.4, 0.5) is 5.69 Å². The van der Waals surface area contributed by atoms with Crippen molar-refractivity contribution in [1.29, 1.82) is 0 Å². The second-order valence-corrected chi connectivity index (χ2v) is 10.6. The molecule has 2 N–H and O–H groups in total. The van der Waals surface area contributed by atoms with E-state index in [2.05, 4.69) is 16.7 Å².